The van der Waals surface area contributed by atoms with Gasteiger partial charge in [0.1, 0.15) is 13.2 Å². The zero-order valence-corrected chi connectivity index (χ0v) is 47.7. The standard InChI is InChI=1S/C66H116O6/c1-4-7-10-13-16-19-22-24-26-27-28-29-30-31-32-33-34-35-36-37-38-39-40-42-44-47-50-53-56-59-65(68)71-62-63(61-70-64(67)58-55-52-49-46-43-21-18-15-12-9-6-3)72-66(69)60-57-54-51-48-45-41-25-23-20-17-14-11-8-5-2/h14-15,17-18,22-25,27-28,30-31,63H,4-13,16,19-21,26,29,32-62H2,1-3H3/b17-14-,18-15-,24-22-,25-23-,28-27-,31-30-. The third-order valence-electron chi connectivity index (χ3n) is 13.4. The Balaban J connectivity index is 4.18. The molecule has 0 saturated heterocycles. The van der Waals surface area contributed by atoms with E-state index in [1.807, 2.05) is 0 Å². The van der Waals surface area contributed by atoms with Gasteiger partial charge in [-0.15, -0.1) is 0 Å². The molecule has 0 N–H and O–H groups in total. The Hall–Kier alpha value is -3.15. The van der Waals surface area contributed by atoms with Crippen LogP contribution in [-0.4, -0.2) is 37.2 Å². The van der Waals surface area contributed by atoms with Crippen LogP contribution in [0.4, 0.5) is 0 Å². The van der Waals surface area contributed by atoms with E-state index >= 15 is 0 Å². The molecule has 0 saturated carbocycles. The second kappa shape index (κ2) is 60.4. The number of hydrogen-bond donors (Lipinski definition) is 0. The Labute approximate surface area is 446 Å². The summed E-state index contributed by atoms with van der Waals surface area (Å²) in [5, 5.41) is 0. The lowest BCUT2D eigenvalue weighted by atomic mass is 10.0. The van der Waals surface area contributed by atoms with E-state index in [-0.39, 0.29) is 31.1 Å². The van der Waals surface area contributed by atoms with E-state index in [1.165, 1.54) is 167 Å². The predicted octanol–water partition coefficient (Wildman–Crippen LogP) is 20.9. The summed E-state index contributed by atoms with van der Waals surface area (Å²) in [6, 6.07) is 0. The molecule has 0 aromatic carbocycles. The zero-order valence-electron chi connectivity index (χ0n) is 47.7. The van der Waals surface area contributed by atoms with Crippen molar-refractivity contribution in [3.63, 3.8) is 0 Å². The van der Waals surface area contributed by atoms with Gasteiger partial charge in [-0.1, -0.05) is 261 Å². The molecule has 0 aliphatic rings. The van der Waals surface area contributed by atoms with E-state index in [9.17, 15) is 14.4 Å². The lowest BCUT2D eigenvalue weighted by Gasteiger charge is -2.18. The molecule has 0 aliphatic heterocycles. The van der Waals surface area contributed by atoms with Crippen molar-refractivity contribution >= 4 is 17.9 Å². The number of rotatable bonds is 56. The van der Waals surface area contributed by atoms with Gasteiger partial charge in [-0.2, -0.15) is 0 Å². The number of allylic oxidation sites excluding steroid dienone is 12. The monoisotopic (exact) mass is 1000 g/mol. The molecule has 0 bridgehead atoms. The van der Waals surface area contributed by atoms with Gasteiger partial charge in [0.25, 0.3) is 0 Å². The van der Waals surface area contributed by atoms with E-state index in [2.05, 4.69) is 93.7 Å². The highest BCUT2D eigenvalue weighted by Crippen LogP contribution is 2.16. The van der Waals surface area contributed by atoms with Gasteiger partial charge in [-0.05, 0) is 103 Å². The fourth-order valence-corrected chi connectivity index (χ4v) is 8.68. The first kappa shape index (κ1) is 68.8. The minimum Gasteiger partial charge on any atom is -0.462 e. The number of carbonyl (C=O) groups excluding carboxylic acids is 3. The van der Waals surface area contributed by atoms with Crippen LogP contribution in [0, 0.1) is 0 Å². The summed E-state index contributed by atoms with van der Waals surface area (Å²) in [5.41, 5.74) is 0. The van der Waals surface area contributed by atoms with Gasteiger partial charge in [0.05, 0.1) is 0 Å². The van der Waals surface area contributed by atoms with Gasteiger partial charge in [0.2, 0.25) is 0 Å². The molecule has 6 heteroatoms. The molecule has 0 amide bonds. The first-order valence-electron chi connectivity index (χ1n) is 30.9. The Morgan fingerprint density at radius 3 is 0.833 bits per heavy atom. The average Bonchev–Trinajstić information content (AvgIpc) is 3.38. The number of hydrogen-bond acceptors (Lipinski definition) is 6. The quantitative estimate of drug-likeness (QED) is 0.0261. The summed E-state index contributed by atoms with van der Waals surface area (Å²) in [4.78, 5) is 38.1. The molecular weight excluding hydrogens is 889 g/mol. The third-order valence-corrected chi connectivity index (χ3v) is 13.4. The van der Waals surface area contributed by atoms with Crippen molar-refractivity contribution in [2.45, 2.75) is 316 Å². The van der Waals surface area contributed by atoms with Crippen LogP contribution in [0.1, 0.15) is 310 Å². The molecule has 0 aliphatic carbocycles. The molecule has 0 rings (SSSR count). The molecular formula is C66H116O6. The normalized spacial score (nSPS) is 12.5. The Morgan fingerprint density at radius 2 is 0.514 bits per heavy atom. The molecule has 1 unspecified atom stereocenters. The average molecular weight is 1010 g/mol. The fraction of sp³-hybridized carbons (Fsp3) is 0.773. The molecule has 416 valence electrons. The molecule has 1 atom stereocenters. The largest absolute Gasteiger partial charge is 0.462 e. The van der Waals surface area contributed by atoms with Crippen molar-refractivity contribution in [1.29, 1.82) is 0 Å². The smallest absolute Gasteiger partial charge is 0.306 e. The lowest BCUT2D eigenvalue weighted by Crippen LogP contribution is -2.30. The molecule has 0 fully saturated rings. The highest BCUT2D eigenvalue weighted by Gasteiger charge is 2.19. The van der Waals surface area contributed by atoms with E-state index in [1.54, 1.807) is 0 Å². The van der Waals surface area contributed by atoms with E-state index < -0.39 is 6.10 Å². The molecule has 72 heavy (non-hydrogen) atoms. The van der Waals surface area contributed by atoms with Gasteiger partial charge in [-0.25, -0.2) is 0 Å². The Morgan fingerprint density at radius 1 is 0.278 bits per heavy atom. The van der Waals surface area contributed by atoms with Crippen molar-refractivity contribution in [3.05, 3.63) is 72.9 Å². The van der Waals surface area contributed by atoms with Crippen LogP contribution < -0.4 is 0 Å². The van der Waals surface area contributed by atoms with Crippen LogP contribution >= 0.6 is 0 Å². The minimum absolute atomic E-state index is 0.0826. The van der Waals surface area contributed by atoms with E-state index in [4.69, 9.17) is 14.2 Å². The molecule has 0 aromatic rings. The van der Waals surface area contributed by atoms with Crippen molar-refractivity contribution in [2.24, 2.45) is 0 Å². The summed E-state index contributed by atoms with van der Waals surface area (Å²) < 4.78 is 16.8. The summed E-state index contributed by atoms with van der Waals surface area (Å²) in [7, 11) is 0. The summed E-state index contributed by atoms with van der Waals surface area (Å²) in [5.74, 6) is -0.899. The first-order chi connectivity index (χ1) is 35.5. The summed E-state index contributed by atoms with van der Waals surface area (Å²) >= 11 is 0. The SMILES string of the molecule is CCCC/C=C\C/C=C\CCCCCCCC(=O)OC(COC(=O)CCCCCCC/C=C\CCCC)COC(=O)CCCCCCCCCCCCCCCC/C=C\C/C=C\C/C=C\CCCCCCC. The fourth-order valence-electron chi connectivity index (χ4n) is 8.68. The highest BCUT2D eigenvalue weighted by molar-refractivity contribution is 5.71. The maximum Gasteiger partial charge on any atom is 0.306 e. The number of carbonyl (C=O) groups is 3. The highest BCUT2D eigenvalue weighted by atomic mass is 16.6. The molecule has 6 nitrogen and oxygen atoms in total. The Kier molecular flexibility index (Phi) is 57.8. The molecule has 0 aromatic heterocycles. The molecule has 0 radical (unpaired) electrons. The van der Waals surface area contributed by atoms with E-state index in [0.29, 0.717) is 19.3 Å². The van der Waals surface area contributed by atoms with Crippen LogP contribution in [0.15, 0.2) is 72.9 Å². The van der Waals surface area contributed by atoms with Crippen LogP contribution in [0.25, 0.3) is 0 Å². The van der Waals surface area contributed by atoms with Crippen LogP contribution in [0.2, 0.25) is 0 Å². The van der Waals surface area contributed by atoms with Crippen LogP contribution in [-0.2, 0) is 28.6 Å². The zero-order chi connectivity index (χ0) is 52.2. The van der Waals surface area contributed by atoms with Gasteiger partial charge in [0.15, 0.2) is 6.10 Å². The summed E-state index contributed by atoms with van der Waals surface area (Å²) in [6.07, 6.45) is 77.7. The van der Waals surface area contributed by atoms with Crippen LogP contribution in [0.3, 0.4) is 0 Å². The molecule has 0 spiro atoms. The lowest BCUT2D eigenvalue weighted by molar-refractivity contribution is -0.167. The van der Waals surface area contributed by atoms with Gasteiger partial charge < -0.3 is 14.2 Å². The van der Waals surface area contributed by atoms with Crippen molar-refractivity contribution < 1.29 is 28.6 Å². The second-order valence-corrected chi connectivity index (χ2v) is 20.6. The van der Waals surface area contributed by atoms with Crippen molar-refractivity contribution in [1.82, 2.24) is 0 Å². The van der Waals surface area contributed by atoms with Crippen molar-refractivity contribution in [3.8, 4) is 0 Å². The number of esters is 3. The van der Waals surface area contributed by atoms with Gasteiger partial charge in [0, 0.05) is 19.3 Å². The maximum absolute atomic E-state index is 12.8. The van der Waals surface area contributed by atoms with Crippen molar-refractivity contribution in [2.75, 3.05) is 13.2 Å². The van der Waals surface area contributed by atoms with Crippen LogP contribution in [0.5, 0.6) is 0 Å². The molecule has 0 heterocycles. The Bertz CT molecular complexity index is 1340. The number of unbranched alkanes of at least 4 members (excludes halogenated alkanes) is 33. The summed E-state index contributed by atoms with van der Waals surface area (Å²) in [6.45, 7) is 6.55. The second-order valence-electron chi connectivity index (χ2n) is 20.6. The minimum atomic E-state index is -0.785. The number of ether oxygens (including phenoxy) is 3. The topological polar surface area (TPSA) is 78.9 Å². The predicted molar refractivity (Wildman–Crippen MR) is 311 cm³/mol. The first-order valence-corrected chi connectivity index (χ1v) is 30.9. The van der Waals surface area contributed by atoms with Gasteiger partial charge in [-0.3, -0.25) is 14.4 Å². The van der Waals surface area contributed by atoms with Gasteiger partial charge >= 0.3 is 17.9 Å². The maximum atomic E-state index is 12.8. The van der Waals surface area contributed by atoms with E-state index in [0.717, 1.165) is 103 Å². The third kappa shape index (κ3) is 57.7.